The zero-order valence-electron chi connectivity index (χ0n) is 9.57. The van der Waals surface area contributed by atoms with Crippen molar-refractivity contribution in [3.8, 4) is 5.75 Å². The summed E-state index contributed by atoms with van der Waals surface area (Å²) < 4.78 is 5.06. The van der Waals surface area contributed by atoms with E-state index in [1.54, 1.807) is 12.1 Å². The number of rotatable bonds is 4. The molecule has 1 unspecified atom stereocenters. The summed E-state index contributed by atoms with van der Waals surface area (Å²) in [5.74, 6) is -0.851. The lowest BCUT2D eigenvalue weighted by Crippen LogP contribution is -2.24. The predicted octanol–water partition coefficient (Wildman–Crippen LogP) is 1.58. The lowest BCUT2D eigenvalue weighted by molar-refractivity contribution is -0.137. The van der Waals surface area contributed by atoms with Crippen LogP contribution in [0.5, 0.6) is 5.75 Å². The van der Waals surface area contributed by atoms with E-state index in [-0.39, 0.29) is 18.6 Å². The number of anilines is 1. The predicted molar refractivity (Wildman–Crippen MR) is 62.6 cm³/mol. The molecule has 1 aromatic carbocycles. The van der Waals surface area contributed by atoms with Crippen LogP contribution in [0.15, 0.2) is 24.3 Å². The van der Waals surface area contributed by atoms with Gasteiger partial charge in [-0.25, -0.2) is 4.79 Å². The van der Waals surface area contributed by atoms with Gasteiger partial charge in [0.25, 0.3) is 0 Å². The minimum absolute atomic E-state index is 0.0359. The highest BCUT2D eigenvalue weighted by atomic mass is 16.6. The van der Waals surface area contributed by atoms with Crippen LogP contribution in [0.2, 0.25) is 0 Å². The molecule has 1 aliphatic heterocycles. The van der Waals surface area contributed by atoms with Crippen LogP contribution < -0.4 is 4.90 Å². The molecule has 0 aliphatic carbocycles. The Morgan fingerprint density at radius 3 is 2.94 bits per heavy atom. The second kappa shape index (κ2) is 4.95. The second-order valence-corrected chi connectivity index (χ2v) is 4.07. The normalized spacial score (nSPS) is 18.8. The molecular weight excluding hydrogens is 238 g/mol. The van der Waals surface area contributed by atoms with E-state index in [1.807, 2.05) is 0 Å². The van der Waals surface area contributed by atoms with E-state index in [1.165, 1.54) is 17.0 Å². The van der Waals surface area contributed by atoms with E-state index in [2.05, 4.69) is 0 Å². The third kappa shape index (κ3) is 2.71. The molecule has 2 rings (SSSR count). The highest BCUT2D eigenvalue weighted by Crippen LogP contribution is 2.26. The van der Waals surface area contributed by atoms with Crippen molar-refractivity contribution in [3.63, 3.8) is 0 Å². The smallest absolute Gasteiger partial charge is 0.414 e. The van der Waals surface area contributed by atoms with Crippen LogP contribution in [-0.4, -0.2) is 34.9 Å². The maximum atomic E-state index is 11.6. The Balaban J connectivity index is 2.03. The van der Waals surface area contributed by atoms with E-state index in [9.17, 15) is 14.7 Å². The van der Waals surface area contributed by atoms with E-state index < -0.39 is 18.2 Å². The zero-order valence-corrected chi connectivity index (χ0v) is 9.57. The maximum Gasteiger partial charge on any atom is 0.414 e. The molecule has 1 aromatic rings. The summed E-state index contributed by atoms with van der Waals surface area (Å²) in [5.41, 5.74) is 0.540. The SMILES string of the molecule is O=C(O)CCC1CN(c2cccc(O)c2)C(=O)O1. The number of aliphatic carboxylic acids is 1. The van der Waals surface area contributed by atoms with Gasteiger partial charge in [0, 0.05) is 12.5 Å². The average Bonchev–Trinajstić information content (AvgIpc) is 2.68. The molecule has 1 atom stereocenters. The number of carbonyl (C=O) groups excluding carboxylic acids is 1. The Labute approximate surface area is 103 Å². The molecule has 2 N–H and O–H groups in total. The molecule has 1 aliphatic rings. The van der Waals surface area contributed by atoms with E-state index in [0.29, 0.717) is 12.2 Å². The Morgan fingerprint density at radius 2 is 2.28 bits per heavy atom. The molecule has 1 amide bonds. The first-order chi connectivity index (χ1) is 8.56. The number of hydrogen-bond acceptors (Lipinski definition) is 4. The first kappa shape index (κ1) is 12.2. The van der Waals surface area contributed by atoms with Crippen molar-refractivity contribution in [3.05, 3.63) is 24.3 Å². The van der Waals surface area contributed by atoms with Gasteiger partial charge in [0.2, 0.25) is 0 Å². The van der Waals surface area contributed by atoms with Crippen molar-refractivity contribution in [1.29, 1.82) is 0 Å². The van der Waals surface area contributed by atoms with Gasteiger partial charge >= 0.3 is 12.1 Å². The number of nitrogens with zero attached hydrogens (tertiary/aromatic N) is 1. The Hall–Kier alpha value is -2.24. The van der Waals surface area contributed by atoms with Crippen LogP contribution in [0, 0.1) is 0 Å². The molecule has 96 valence electrons. The van der Waals surface area contributed by atoms with Crippen molar-refractivity contribution in [2.75, 3.05) is 11.4 Å². The number of phenols is 1. The number of carboxylic acid groups (broad SMARTS) is 1. The van der Waals surface area contributed by atoms with Crippen LogP contribution in [0.25, 0.3) is 0 Å². The summed E-state index contributed by atoms with van der Waals surface area (Å²) >= 11 is 0. The molecule has 1 heterocycles. The number of phenolic OH excluding ortho intramolecular Hbond substituents is 1. The van der Waals surface area contributed by atoms with Crippen LogP contribution >= 0.6 is 0 Å². The number of carbonyl (C=O) groups is 2. The molecule has 0 saturated carbocycles. The van der Waals surface area contributed by atoms with Gasteiger partial charge in [-0.2, -0.15) is 0 Å². The van der Waals surface area contributed by atoms with Gasteiger partial charge in [-0.05, 0) is 18.6 Å². The summed E-state index contributed by atoms with van der Waals surface area (Å²) in [7, 11) is 0. The molecule has 18 heavy (non-hydrogen) atoms. The highest BCUT2D eigenvalue weighted by Gasteiger charge is 2.32. The second-order valence-electron chi connectivity index (χ2n) is 4.07. The molecule has 0 aromatic heterocycles. The van der Waals surface area contributed by atoms with Gasteiger partial charge in [0.05, 0.1) is 12.2 Å². The van der Waals surface area contributed by atoms with Crippen molar-refractivity contribution < 1.29 is 24.5 Å². The van der Waals surface area contributed by atoms with E-state index in [4.69, 9.17) is 9.84 Å². The maximum absolute atomic E-state index is 11.6. The highest BCUT2D eigenvalue weighted by molar-refractivity contribution is 5.90. The minimum atomic E-state index is -0.915. The molecule has 1 fully saturated rings. The number of ether oxygens (including phenoxy) is 1. The summed E-state index contributed by atoms with van der Waals surface area (Å²) in [6.45, 7) is 0.301. The Kier molecular flexibility index (Phi) is 3.36. The fourth-order valence-electron chi connectivity index (χ4n) is 1.83. The minimum Gasteiger partial charge on any atom is -0.508 e. The first-order valence-corrected chi connectivity index (χ1v) is 5.55. The van der Waals surface area contributed by atoms with E-state index >= 15 is 0 Å². The van der Waals surface area contributed by atoms with Crippen LogP contribution in [0.3, 0.4) is 0 Å². The van der Waals surface area contributed by atoms with Gasteiger partial charge in [0.15, 0.2) is 0 Å². The number of amides is 1. The molecule has 0 bridgehead atoms. The number of hydrogen-bond donors (Lipinski definition) is 2. The molecular formula is C12H13NO5. The van der Waals surface area contributed by atoms with Gasteiger partial charge in [0.1, 0.15) is 11.9 Å². The van der Waals surface area contributed by atoms with Gasteiger partial charge < -0.3 is 14.9 Å². The Bertz CT molecular complexity index is 473. The molecule has 0 radical (unpaired) electrons. The number of benzene rings is 1. The lowest BCUT2D eigenvalue weighted by atomic mass is 10.2. The van der Waals surface area contributed by atoms with Crippen molar-refractivity contribution in [2.24, 2.45) is 0 Å². The molecule has 0 spiro atoms. The average molecular weight is 251 g/mol. The van der Waals surface area contributed by atoms with Crippen LogP contribution in [0.1, 0.15) is 12.8 Å². The van der Waals surface area contributed by atoms with Gasteiger partial charge in [-0.15, -0.1) is 0 Å². The molecule has 6 nitrogen and oxygen atoms in total. The number of aromatic hydroxyl groups is 1. The standard InChI is InChI=1S/C12H13NO5/c14-9-3-1-2-8(6-9)13-7-10(18-12(13)17)4-5-11(15)16/h1-3,6,10,14H,4-5,7H2,(H,15,16). The van der Waals surface area contributed by atoms with Crippen LogP contribution in [-0.2, 0) is 9.53 Å². The third-order valence-electron chi connectivity index (χ3n) is 2.70. The topological polar surface area (TPSA) is 87.1 Å². The fraction of sp³-hybridized carbons (Fsp3) is 0.333. The van der Waals surface area contributed by atoms with Gasteiger partial charge in [-0.3, -0.25) is 9.69 Å². The van der Waals surface area contributed by atoms with Crippen molar-refractivity contribution in [1.82, 2.24) is 0 Å². The lowest BCUT2D eigenvalue weighted by Gasteiger charge is -2.12. The summed E-state index contributed by atoms with van der Waals surface area (Å²) in [5, 5.41) is 17.9. The third-order valence-corrected chi connectivity index (χ3v) is 2.70. The molecule has 6 heteroatoms. The summed E-state index contributed by atoms with van der Waals surface area (Å²) in [6, 6.07) is 6.27. The van der Waals surface area contributed by atoms with Crippen molar-refractivity contribution >= 4 is 17.7 Å². The zero-order chi connectivity index (χ0) is 13.1. The monoisotopic (exact) mass is 251 g/mol. The largest absolute Gasteiger partial charge is 0.508 e. The Morgan fingerprint density at radius 1 is 1.50 bits per heavy atom. The van der Waals surface area contributed by atoms with Crippen LogP contribution in [0.4, 0.5) is 10.5 Å². The number of carboxylic acids is 1. The quantitative estimate of drug-likeness (QED) is 0.848. The summed E-state index contributed by atoms with van der Waals surface area (Å²) in [6.07, 6.45) is -0.686. The summed E-state index contributed by atoms with van der Waals surface area (Å²) in [4.78, 5) is 23.4. The fourth-order valence-corrected chi connectivity index (χ4v) is 1.83. The first-order valence-electron chi connectivity index (χ1n) is 5.55. The van der Waals surface area contributed by atoms with Gasteiger partial charge in [-0.1, -0.05) is 6.07 Å². The van der Waals surface area contributed by atoms with E-state index in [0.717, 1.165) is 0 Å². The number of cyclic esters (lactones) is 1. The molecule has 1 saturated heterocycles. The van der Waals surface area contributed by atoms with Crippen molar-refractivity contribution in [2.45, 2.75) is 18.9 Å².